The summed E-state index contributed by atoms with van der Waals surface area (Å²) in [5.41, 5.74) is -0.136. The molecule has 2 amide bonds. The lowest BCUT2D eigenvalue weighted by Crippen LogP contribution is -2.63. The van der Waals surface area contributed by atoms with Crippen LogP contribution in [0.3, 0.4) is 0 Å². The van der Waals surface area contributed by atoms with Crippen molar-refractivity contribution < 1.29 is 19.1 Å². The topological polar surface area (TPSA) is 60.9 Å². The van der Waals surface area contributed by atoms with Crippen LogP contribution in [0.1, 0.15) is 67.3 Å². The van der Waals surface area contributed by atoms with Gasteiger partial charge in [0.25, 0.3) is 5.91 Å². The highest BCUT2D eigenvalue weighted by molar-refractivity contribution is 6.01. The molecule has 1 aromatic carbocycles. The van der Waals surface area contributed by atoms with E-state index in [1.807, 2.05) is 4.90 Å². The molecule has 2 aliphatic heterocycles. The molecule has 2 saturated heterocycles. The second-order valence-electron chi connectivity index (χ2n) is 8.59. The van der Waals surface area contributed by atoms with Crippen molar-refractivity contribution in [3.05, 3.63) is 35.1 Å². The Morgan fingerprint density at radius 2 is 1.82 bits per heavy atom. The van der Waals surface area contributed by atoms with E-state index in [0.717, 1.165) is 38.5 Å². The molecule has 1 N–H and O–H groups in total. The summed E-state index contributed by atoms with van der Waals surface area (Å²) in [4.78, 5) is 30.5. The van der Waals surface area contributed by atoms with E-state index in [2.05, 4.69) is 0 Å². The Morgan fingerprint density at radius 3 is 2.50 bits per heavy atom. The number of aryl methyl sites for hydroxylation is 1. The lowest BCUT2D eigenvalue weighted by atomic mass is 9.82. The number of hydrogen-bond donors (Lipinski definition) is 1. The molecule has 3 aliphatic rings. The first-order chi connectivity index (χ1) is 13.4. The van der Waals surface area contributed by atoms with E-state index >= 15 is 0 Å². The van der Waals surface area contributed by atoms with Crippen LogP contribution in [0.5, 0.6) is 0 Å². The number of nitrogens with zero attached hydrogens (tertiary/aromatic N) is 2. The Balaban J connectivity index is 1.62. The zero-order chi connectivity index (χ0) is 19.9. The molecule has 1 unspecified atom stereocenters. The molecule has 4 rings (SSSR count). The van der Waals surface area contributed by atoms with Crippen molar-refractivity contribution in [3.8, 4) is 0 Å². The van der Waals surface area contributed by atoms with Crippen LogP contribution in [0.15, 0.2) is 18.2 Å². The molecule has 1 aromatic rings. The number of aliphatic hydroxyl groups excluding tert-OH is 1. The van der Waals surface area contributed by atoms with E-state index < -0.39 is 11.4 Å². The molecule has 2 heterocycles. The summed E-state index contributed by atoms with van der Waals surface area (Å²) >= 11 is 0. The smallest absolute Gasteiger partial charge is 0.257 e. The molecule has 0 radical (unpaired) electrons. The van der Waals surface area contributed by atoms with E-state index in [1.165, 1.54) is 6.07 Å². The molecule has 0 aromatic heterocycles. The third-order valence-electron chi connectivity index (χ3n) is 6.93. The quantitative estimate of drug-likeness (QED) is 0.847. The van der Waals surface area contributed by atoms with Gasteiger partial charge in [-0.15, -0.1) is 0 Å². The second kappa shape index (κ2) is 7.47. The predicted octanol–water partition coefficient (Wildman–Crippen LogP) is 3.03. The third kappa shape index (κ3) is 3.11. The van der Waals surface area contributed by atoms with E-state index in [4.69, 9.17) is 0 Å². The summed E-state index contributed by atoms with van der Waals surface area (Å²) in [5.74, 6) is -0.851. The number of halogens is 1. The fourth-order valence-corrected chi connectivity index (χ4v) is 5.43. The highest BCUT2D eigenvalue weighted by Gasteiger charge is 2.54. The number of rotatable bonds is 2. The summed E-state index contributed by atoms with van der Waals surface area (Å²) < 4.78 is 14.4. The Morgan fingerprint density at radius 1 is 1.14 bits per heavy atom. The van der Waals surface area contributed by atoms with Gasteiger partial charge in [0.15, 0.2) is 0 Å². The van der Waals surface area contributed by atoms with Crippen LogP contribution in [-0.4, -0.2) is 57.5 Å². The van der Waals surface area contributed by atoms with E-state index in [1.54, 1.807) is 24.0 Å². The summed E-state index contributed by atoms with van der Waals surface area (Å²) in [6, 6.07) is 4.79. The predicted molar refractivity (Wildman–Crippen MR) is 103 cm³/mol. The Bertz CT molecular complexity index is 755. The summed E-state index contributed by atoms with van der Waals surface area (Å²) in [6.07, 6.45) is 5.71. The maximum atomic E-state index is 14.4. The summed E-state index contributed by atoms with van der Waals surface area (Å²) in [6.45, 7) is 2.94. The number of carbonyl (C=O) groups is 2. The molecule has 0 bridgehead atoms. The molecule has 28 heavy (non-hydrogen) atoms. The average Bonchev–Trinajstić information content (AvgIpc) is 3.09. The maximum absolute atomic E-state index is 14.4. The van der Waals surface area contributed by atoms with Gasteiger partial charge in [0.05, 0.1) is 11.7 Å². The molecule has 6 heteroatoms. The zero-order valence-electron chi connectivity index (χ0n) is 16.5. The fourth-order valence-electron chi connectivity index (χ4n) is 5.43. The van der Waals surface area contributed by atoms with E-state index in [9.17, 15) is 19.1 Å². The number of amides is 2. The van der Waals surface area contributed by atoms with Gasteiger partial charge in [-0.2, -0.15) is 0 Å². The Labute approximate surface area is 165 Å². The summed E-state index contributed by atoms with van der Waals surface area (Å²) in [7, 11) is 0. The van der Waals surface area contributed by atoms with Gasteiger partial charge in [0.2, 0.25) is 5.91 Å². The highest BCUT2D eigenvalue weighted by Crippen LogP contribution is 2.41. The molecular formula is C22H29FN2O3. The van der Waals surface area contributed by atoms with Gasteiger partial charge >= 0.3 is 0 Å². The third-order valence-corrected chi connectivity index (χ3v) is 6.93. The van der Waals surface area contributed by atoms with Crippen LogP contribution in [0.2, 0.25) is 0 Å². The Kier molecular flexibility index (Phi) is 5.17. The highest BCUT2D eigenvalue weighted by atomic mass is 19.1. The molecule has 152 valence electrons. The number of aliphatic hydroxyl groups is 1. The van der Waals surface area contributed by atoms with Crippen molar-refractivity contribution in [2.45, 2.75) is 76.0 Å². The molecule has 1 atom stereocenters. The first-order valence-corrected chi connectivity index (χ1v) is 10.5. The molecule has 5 nitrogen and oxygen atoms in total. The molecule has 1 aliphatic carbocycles. The maximum Gasteiger partial charge on any atom is 0.257 e. The minimum absolute atomic E-state index is 0.0278. The van der Waals surface area contributed by atoms with Crippen molar-refractivity contribution in [2.75, 3.05) is 13.1 Å². The van der Waals surface area contributed by atoms with Crippen molar-refractivity contribution in [2.24, 2.45) is 0 Å². The first-order valence-electron chi connectivity index (χ1n) is 10.5. The number of carbonyl (C=O) groups excluding carboxylic acids is 2. The molecule has 1 spiro atoms. The van der Waals surface area contributed by atoms with Gasteiger partial charge < -0.3 is 14.9 Å². The number of likely N-dealkylation sites (tertiary alicyclic amines) is 2. The van der Waals surface area contributed by atoms with Crippen molar-refractivity contribution >= 4 is 11.8 Å². The van der Waals surface area contributed by atoms with Crippen LogP contribution < -0.4 is 0 Å². The number of piperidine rings is 1. The summed E-state index contributed by atoms with van der Waals surface area (Å²) in [5, 5.41) is 9.80. The second-order valence-corrected chi connectivity index (χ2v) is 8.59. The van der Waals surface area contributed by atoms with Crippen LogP contribution in [0.4, 0.5) is 4.39 Å². The Hall–Kier alpha value is -1.95. The van der Waals surface area contributed by atoms with Crippen LogP contribution in [0.25, 0.3) is 0 Å². The van der Waals surface area contributed by atoms with Gasteiger partial charge in [-0.3, -0.25) is 9.59 Å². The normalized spacial score (nSPS) is 30.9. The van der Waals surface area contributed by atoms with Crippen molar-refractivity contribution in [1.29, 1.82) is 0 Å². The van der Waals surface area contributed by atoms with Crippen molar-refractivity contribution in [3.63, 3.8) is 0 Å². The molecule has 3 fully saturated rings. The lowest BCUT2D eigenvalue weighted by Gasteiger charge is -2.48. The van der Waals surface area contributed by atoms with Crippen LogP contribution >= 0.6 is 0 Å². The molecular weight excluding hydrogens is 359 g/mol. The first kappa shape index (κ1) is 19.4. The molecule has 1 saturated carbocycles. The zero-order valence-corrected chi connectivity index (χ0v) is 16.5. The number of benzene rings is 1. The lowest BCUT2D eigenvalue weighted by molar-refractivity contribution is -0.149. The monoisotopic (exact) mass is 388 g/mol. The van der Waals surface area contributed by atoms with Gasteiger partial charge in [-0.05, 0) is 69.9 Å². The number of hydrogen-bond acceptors (Lipinski definition) is 3. The van der Waals surface area contributed by atoms with Crippen molar-refractivity contribution in [1.82, 2.24) is 9.80 Å². The van der Waals surface area contributed by atoms with Crippen LogP contribution in [0, 0.1) is 12.7 Å². The van der Waals surface area contributed by atoms with E-state index in [0.29, 0.717) is 31.5 Å². The van der Waals surface area contributed by atoms with Gasteiger partial charge in [0, 0.05) is 19.1 Å². The average molecular weight is 388 g/mol. The minimum Gasteiger partial charge on any atom is -0.393 e. The van der Waals surface area contributed by atoms with Gasteiger partial charge in [-0.1, -0.05) is 12.1 Å². The SMILES string of the molecule is Cc1cccc(F)c1C(=O)N1CCCC12CCCN(C1CCC(O)CC1)C2=O. The van der Waals surface area contributed by atoms with Gasteiger partial charge in [-0.25, -0.2) is 4.39 Å². The van der Waals surface area contributed by atoms with E-state index in [-0.39, 0.29) is 29.5 Å². The van der Waals surface area contributed by atoms with Crippen LogP contribution in [-0.2, 0) is 4.79 Å². The van der Waals surface area contributed by atoms with Gasteiger partial charge in [0.1, 0.15) is 11.4 Å². The fraction of sp³-hybridized carbons (Fsp3) is 0.636. The largest absolute Gasteiger partial charge is 0.393 e. The standard InChI is InChI=1S/C22H29FN2O3/c1-15-5-2-6-18(23)19(15)20(27)25-14-4-12-22(25)11-3-13-24(21(22)28)16-7-9-17(26)10-8-16/h2,5-6,16-17,26H,3-4,7-14H2,1H3. The minimum atomic E-state index is -0.833.